The molecule has 0 aliphatic carbocycles. The minimum Gasteiger partial charge on any atom is -0.319 e. The lowest BCUT2D eigenvalue weighted by atomic mass is 10.1. The first-order valence-corrected chi connectivity index (χ1v) is 6.16. The van der Waals surface area contributed by atoms with Crippen LogP contribution in [0.5, 0.6) is 0 Å². The highest BCUT2D eigenvalue weighted by molar-refractivity contribution is 6.34. The quantitative estimate of drug-likeness (QED) is 0.784. The summed E-state index contributed by atoms with van der Waals surface area (Å²) < 4.78 is 0. The van der Waals surface area contributed by atoms with E-state index in [2.05, 4.69) is 10.3 Å². The third-order valence-electron chi connectivity index (χ3n) is 2.68. The van der Waals surface area contributed by atoms with E-state index in [0.29, 0.717) is 10.7 Å². The van der Waals surface area contributed by atoms with Crippen LogP contribution in [0.1, 0.15) is 21.6 Å². The van der Waals surface area contributed by atoms with Gasteiger partial charge in [-0.05, 0) is 31.0 Å². The van der Waals surface area contributed by atoms with Crippen molar-refractivity contribution in [2.75, 3.05) is 5.32 Å². The Bertz CT molecular complexity index is 741. The SMILES string of the molecule is Cc1cc(C)c(NC(=O)c2cc(=O)[nH]c(=O)[nH]2)c(Cl)c1. The zero-order valence-corrected chi connectivity index (χ0v) is 11.6. The predicted molar refractivity (Wildman–Crippen MR) is 76.6 cm³/mol. The Hall–Kier alpha value is -2.34. The fraction of sp³-hybridized carbons (Fsp3) is 0.154. The summed E-state index contributed by atoms with van der Waals surface area (Å²) in [5.41, 5.74) is 0.684. The number of aromatic amines is 2. The van der Waals surface area contributed by atoms with Crippen LogP contribution in [0, 0.1) is 13.8 Å². The van der Waals surface area contributed by atoms with Gasteiger partial charge in [0.15, 0.2) is 0 Å². The Morgan fingerprint density at radius 3 is 2.45 bits per heavy atom. The molecular formula is C13H12ClN3O3. The van der Waals surface area contributed by atoms with Gasteiger partial charge in [0.1, 0.15) is 5.69 Å². The van der Waals surface area contributed by atoms with E-state index in [1.54, 1.807) is 13.0 Å². The summed E-state index contributed by atoms with van der Waals surface area (Å²) >= 11 is 6.07. The predicted octanol–water partition coefficient (Wildman–Crippen LogP) is 1.59. The van der Waals surface area contributed by atoms with Crippen molar-refractivity contribution in [3.63, 3.8) is 0 Å². The molecule has 0 saturated carbocycles. The third kappa shape index (κ3) is 2.97. The maximum Gasteiger partial charge on any atom is 0.326 e. The number of halogens is 1. The summed E-state index contributed by atoms with van der Waals surface area (Å²) in [6.07, 6.45) is 0. The molecular weight excluding hydrogens is 282 g/mol. The minimum atomic E-state index is -0.741. The second-order valence-corrected chi connectivity index (χ2v) is 4.80. The van der Waals surface area contributed by atoms with Crippen LogP contribution in [-0.4, -0.2) is 15.9 Å². The fourth-order valence-corrected chi connectivity index (χ4v) is 2.21. The van der Waals surface area contributed by atoms with Crippen LogP contribution in [0.4, 0.5) is 5.69 Å². The topological polar surface area (TPSA) is 94.8 Å². The lowest BCUT2D eigenvalue weighted by Crippen LogP contribution is -2.27. The van der Waals surface area contributed by atoms with E-state index in [-0.39, 0.29) is 5.69 Å². The molecule has 1 heterocycles. The van der Waals surface area contributed by atoms with Gasteiger partial charge in [0, 0.05) is 6.07 Å². The normalized spacial score (nSPS) is 10.3. The van der Waals surface area contributed by atoms with Crippen LogP contribution in [-0.2, 0) is 0 Å². The first kappa shape index (κ1) is 14.1. The Kier molecular flexibility index (Phi) is 3.76. The molecule has 0 bridgehead atoms. The summed E-state index contributed by atoms with van der Waals surface area (Å²) in [6.45, 7) is 3.69. The van der Waals surface area contributed by atoms with Crippen LogP contribution in [0.2, 0.25) is 5.02 Å². The van der Waals surface area contributed by atoms with E-state index in [1.807, 2.05) is 18.0 Å². The number of carbonyl (C=O) groups is 1. The van der Waals surface area contributed by atoms with Crippen LogP contribution < -0.4 is 16.6 Å². The molecule has 1 amide bonds. The average Bonchev–Trinajstić information content (AvgIpc) is 2.32. The highest BCUT2D eigenvalue weighted by Gasteiger charge is 2.12. The number of nitrogens with one attached hydrogen (secondary N) is 3. The molecule has 0 saturated heterocycles. The summed E-state index contributed by atoms with van der Waals surface area (Å²) in [5, 5.41) is 2.97. The molecule has 0 aliphatic heterocycles. The van der Waals surface area contributed by atoms with Gasteiger partial charge in [-0.25, -0.2) is 4.79 Å². The summed E-state index contributed by atoms with van der Waals surface area (Å²) in [6, 6.07) is 4.58. The first-order valence-electron chi connectivity index (χ1n) is 5.78. The van der Waals surface area contributed by atoms with Crippen molar-refractivity contribution < 1.29 is 4.79 Å². The number of hydrogen-bond donors (Lipinski definition) is 3. The van der Waals surface area contributed by atoms with Gasteiger partial charge in [-0.15, -0.1) is 0 Å². The van der Waals surface area contributed by atoms with Crippen molar-refractivity contribution in [1.29, 1.82) is 0 Å². The fourth-order valence-electron chi connectivity index (χ4n) is 1.85. The van der Waals surface area contributed by atoms with Gasteiger partial charge in [0.25, 0.3) is 11.5 Å². The Labute approximate surface area is 118 Å². The molecule has 0 spiro atoms. The van der Waals surface area contributed by atoms with Gasteiger partial charge in [0.2, 0.25) is 0 Å². The average molecular weight is 294 g/mol. The number of H-pyrrole nitrogens is 2. The summed E-state index contributed by atoms with van der Waals surface area (Å²) in [4.78, 5) is 38.5. The molecule has 0 unspecified atom stereocenters. The molecule has 104 valence electrons. The van der Waals surface area contributed by atoms with Crippen molar-refractivity contribution in [3.05, 3.63) is 60.9 Å². The number of hydrogen-bond acceptors (Lipinski definition) is 3. The Balaban J connectivity index is 2.37. The number of rotatable bonds is 2. The van der Waals surface area contributed by atoms with Gasteiger partial charge in [-0.3, -0.25) is 14.6 Å². The second-order valence-electron chi connectivity index (χ2n) is 4.39. The van der Waals surface area contributed by atoms with E-state index in [9.17, 15) is 14.4 Å². The molecule has 0 aliphatic rings. The van der Waals surface area contributed by atoms with E-state index < -0.39 is 17.2 Å². The maximum absolute atomic E-state index is 12.0. The van der Waals surface area contributed by atoms with Crippen molar-refractivity contribution in [2.24, 2.45) is 0 Å². The first-order chi connectivity index (χ1) is 9.36. The molecule has 1 aromatic heterocycles. The summed E-state index contributed by atoms with van der Waals surface area (Å²) in [5.74, 6) is -0.609. The number of aryl methyl sites for hydroxylation is 2. The van der Waals surface area contributed by atoms with E-state index >= 15 is 0 Å². The van der Waals surface area contributed by atoms with Gasteiger partial charge in [0.05, 0.1) is 10.7 Å². The van der Waals surface area contributed by atoms with Crippen molar-refractivity contribution >= 4 is 23.2 Å². The zero-order chi connectivity index (χ0) is 14.9. The minimum absolute atomic E-state index is 0.130. The highest BCUT2D eigenvalue weighted by Crippen LogP contribution is 2.27. The lowest BCUT2D eigenvalue weighted by molar-refractivity contribution is 0.102. The lowest BCUT2D eigenvalue weighted by Gasteiger charge is -2.11. The Morgan fingerprint density at radius 2 is 1.85 bits per heavy atom. The van der Waals surface area contributed by atoms with Gasteiger partial charge in [-0.2, -0.15) is 0 Å². The van der Waals surface area contributed by atoms with Gasteiger partial charge < -0.3 is 10.3 Å². The second kappa shape index (κ2) is 5.34. The van der Waals surface area contributed by atoms with Crippen molar-refractivity contribution in [1.82, 2.24) is 9.97 Å². The van der Waals surface area contributed by atoms with E-state index in [0.717, 1.165) is 17.2 Å². The molecule has 2 rings (SSSR count). The molecule has 0 atom stereocenters. The van der Waals surface area contributed by atoms with Crippen LogP contribution in [0.15, 0.2) is 27.8 Å². The molecule has 20 heavy (non-hydrogen) atoms. The van der Waals surface area contributed by atoms with E-state index in [1.165, 1.54) is 0 Å². The highest BCUT2D eigenvalue weighted by atomic mass is 35.5. The van der Waals surface area contributed by atoms with Crippen molar-refractivity contribution in [3.8, 4) is 0 Å². The molecule has 3 N–H and O–H groups in total. The number of carbonyl (C=O) groups excluding carboxylic acids is 1. The van der Waals surface area contributed by atoms with Crippen LogP contribution in [0.3, 0.4) is 0 Å². The maximum atomic E-state index is 12.0. The standard InChI is InChI=1S/C13H12ClN3O3/c1-6-3-7(2)11(8(14)4-6)17-12(19)9-5-10(18)16-13(20)15-9/h3-5H,1-2H3,(H,17,19)(H2,15,16,18,20). The van der Waals surface area contributed by atoms with E-state index in [4.69, 9.17) is 11.6 Å². The van der Waals surface area contributed by atoms with Crippen LogP contribution in [0.25, 0.3) is 0 Å². The molecule has 6 nitrogen and oxygen atoms in total. The smallest absolute Gasteiger partial charge is 0.319 e. The molecule has 1 aromatic carbocycles. The van der Waals surface area contributed by atoms with Gasteiger partial charge >= 0.3 is 5.69 Å². The number of benzene rings is 1. The molecule has 0 radical (unpaired) electrons. The molecule has 0 fully saturated rings. The molecule has 7 heteroatoms. The van der Waals surface area contributed by atoms with Crippen LogP contribution >= 0.6 is 11.6 Å². The number of aromatic nitrogens is 2. The largest absolute Gasteiger partial charge is 0.326 e. The summed E-state index contributed by atoms with van der Waals surface area (Å²) in [7, 11) is 0. The Morgan fingerprint density at radius 1 is 1.15 bits per heavy atom. The number of anilines is 1. The number of amides is 1. The van der Waals surface area contributed by atoms with Gasteiger partial charge in [-0.1, -0.05) is 17.7 Å². The van der Waals surface area contributed by atoms with Crippen molar-refractivity contribution in [2.45, 2.75) is 13.8 Å². The zero-order valence-electron chi connectivity index (χ0n) is 10.8. The third-order valence-corrected chi connectivity index (χ3v) is 2.97. The molecule has 2 aromatic rings. The monoisotopic (exact) mass is 293 g/mol.